The molecule has 20 heavy (non-hydrogen) atoms. The number of nitrogens with one attached hydrogen (secondary N) is 1. The molecule has 0 amide bonds. The lowest BCUT2D eigenvalue weighted by Crippen LogP contribution is -2.25. The van der Waals surface area contributed by atoms with Crippen LogP contribution in [0.4, 0.5) is 25.8 Å². The molecule has 2 aromatic carbocycles. The van der Waals surface area contributed by atoms with E-state index in [9.17, 15) is 8.78 Å². The number of fused-ring (bicyclic) bond motifs is 1. The Kier molecular flexibility index (Phi) is 2.67. The summed E-state index contributed by atoms with van der Waals surface area (Å²) in [6.07, 6.45) is -3.60. The van der Waals surface area contributed by atoms with Crippen molar-refractivity contribution in [3.05, 3.63) is 42.0 Å². The molecule has 0 saturated heterocycles. The van der Waals surface area contributed by atoms with Crippen LogP contribution in [0.5, 0.6) is 11.5 Å². The number of benzene rings is 2. The van der Waals surface area contributed by atoms with Crippen molar-refractivity contribution >= 4 is 17.1 Å². The van der Waals surface area contributed by atoms with Crippen LogP contribution in [0.15, 0.2) is 36.4 Å². The Hall–Kier alpha value is -2.50. The van der Waals surface area contributed by atoms with E-state index in [-0.39, 0.29) is 11.5 Å². The minimum Gasteiger partial charge on any atom is -0.399 e. The predicted molar refractivity (Wildman–Crippen MR) is 71.5 cm³/mol. The molecule has 6 heteroatoms. The van der Waals surface area contributed by atoms with Gasteiger partial charge >= 0.3 is 6.29 Å². The van der Waals surface area contributed by atoms with Crippen LogP contribution in [0.25, 0.3) is 0 Å². The zero-order valence-corrected chi connectivity index (χ0v) is 10.6. The second-order valence-corrected chi connectivity index (χ2v) is 4.59. The minimum atomic E-state index is -3.60. The van der Waals surface area contributed by atoms with Gasteiger partial charge in [-0.3, -0.25) is 0 Å². The molecule has 0 aliphatic carbocycles. The maximum Gasteiger partial charge on any atom is 0.586 e. The van der Waals surface area contributed by atoms with Crippen molar-refractivity contribution in [1.82, 2.24) is 0 Å². The topological polar surface area (TPSA) is 56.5 Å². The van der Waals surface area contributed by atoms with Crippen molar-refractivity contribution < 1.29 is 18.3 Å². The number of ether oxygens (including phenoxy) is 2. The number of hydrogen-bond donors (Lipinski definition) is 2. The first-order valence-corrected chi connectivity index (χ1v) is 5.95. The van der Waals surface area contributed by atoms with Gasteiger partial charge in [0.05, 0.1) is 0 Å². The number of aryl methyl sites for hydroxylation is 1. The third kappa shape index (κ3) is 2.45. The molecule has 1 aliphatic heterocycles. The summed E-state index contributed by atoms with van der Waals surface area (Å²) in [5.74, 6) is 0.0185. The van der Waals surface area contributed by atoms with E-state index in [1.54, 1.807) is 12.1 Å². The van der Waals surface area contributed by atoms with Gasteiger partial charge in [-0.1, -0.05) is 0 Å². The van der Waals surface area contributed by atoms with E-state index < -0.39 is 6.29 Å². The highest BCUT2D eigenvalue weighted by molar-refractivity contribution is 5.67. The predicted octanol–water partition coefficient (Wildman–Crippen LogP) is 3.64. The van der Waals surface area contributed by atoms with Crippen molar-refractivity contribution in [1.29, 1.82) is 0 Å². The second-order valence-electron chi connectivity index (χ2n) is 4.59. The summed E-state index contributed by atoms with van der Waals surface area (Å²) in [6, 6.07) is 10.0. The van der Waals surface area contributed by atoms with Gasteiger partial charge in [-0.05, 0) is 42.8 Å². The van der Waals surface area contributed by atoms with Crippen LogP contribution in [0.1, 0.15) is 5.56 Å². The first kappa shape index (κ1) is 12.5. The van der Waals surface area contributed by atoms with E-state index in [2.05, 4.69) is 14.8 Å². The van der Waals surface area contributed by atoms with Gasteiger partial charge in [-0.15, -0.1) is 8.78 Å². The lowest BCUT2D eigenvalue weighted by atomic mass is 10.2. The summed E-state index contributed by atoms with van der Waals surface area (Å²) in [6.45, 7) is 1.92. The fourth-order valence-corrected chi connectivity index (χ4v) is 2.08. The standard InChI is InChI=1S/C14H12F2N2O2/c1-8-4-9(17)6-11(5-8)18-10-2-3-12-13(7-10)20-14(15,16)19-12/h2-7,18H,17H2,1H3. The average Bonchev–Trinajstić information content (AvgIpc) is 2.60. The van der Waals surface area contributed by atoms with Crippen LogP contribution >= 0.6 is 0 Å². The van der Waals surface area contributed by atoms with Gasteiger partial charge in [0.2, 0.25) is 0 Å². The third-order valence-corrected chi connectivity index (χ3v) is 2.79. The van der Waals surface area contributed by atoms with Crippen LogP contribution < -0.4 is 20.5 Å². The SMILES string of the molecule is Cc1cc(N)cc(Nc2ccc3c(c2)OC(F)(F)O3)c1. The van der Waals surface area contributed by atoms with Gasteiger partial charge in [-0.25, -0.2) is 0 Å². The molecule has 0 fully saturated rings. The summed E-state index contributed by atoms with van der Waals surface area (Å²) < 4.78 is 34.6. The Morgan fingerprint density at radius 1 is 1.00 bits per heavy atom. The molecule has 3 N–H and O–H groups in total. The first-order valence-electron chi connectivity index (χ1n) is 5.95. The molecular formula is C14H12F2N2O2. The summed E-state index contributed by atoms with van der Waals surface area (Å²) in [7, 11) is 0. The molecule has 0 atom stereocenters. The molecule has 1 aliphatic rings. The monoisotopic (exact) mass is 278 g/mol. The lowest BCUT2D eigenvalue weighted by molar-refractivity contribution is -0.286. The average molecular weight is 278 g/mol. The van der Waals surface area contributed by atoms with Crippen LogP contribution in [0.3, 0.4) is 0 Å². The Labute approximate surface area is 114 Å². The lowest BCUT2D eigenvalue weighted by Gasteiger charge is -2.09. The van der Waals surface area contributed by atoms with Crippen molar-refractivity contribution in [2.24, 2.45) is 0 Å². The Bertz CT molecular complexity index is 654. The largest absolute Gasteiger partial charge is 0.586 e. The van der Waals surface area contributed by atoms with Crippen molar-refractivity contribution in [2.45, 2.75) is 13.2 Å². The molecule has 0 aromatic heterocycles. The smallest absolute Gasteiger partial charge is 0.399 e. The van der Waals surface area contributed by atoms with Gasteiger partial charge in [0.15, 0.2) is 11.5 Å². The molecule has 0 spiro atoms. The zero-order chi connectivity index (χ0) is 14.3. The van der Waals surface area contributed by atoms with Crippen molar-refractivity contribution in [3.8, 4) is 11.5 Å². The molecule has 2 aromatic rings. The van der Waals surface area contributed by atoms with Gasteiger partial charge in [0.1, 0.15) is 0 Å². The van der Waals surface area contributed by atoms with Gasteiger partial charge < -0.3 is 20.5 Å². The maximum atomic E-state index is 12.9. The number of nitrogens with two attached hydrogens (primary N) is 1. The first-order chi connectivity index (χ1) is 9.41. The fourth-order valence-electron chi connectivity index (χ4n) is 2.08. The highest BCUT2D eigenvalue weighted by atomic mass is 19.3. The van der Waals surface area contributed by atoms with Crippen LogP contribution in [0, 0.1) is 6.92 Å². The number of nitrogen functional groups attached to an aromatic ring is 1. The van der Waals surface area contributed by atoms with Crippen LogP contribution in [-0.2, 0) is 0 Å². The molecule has 0 bridgehead atoms. The molecule has 1 heterocycles. The Morgan fingerprint density at radius 3 is 2.50 bits per heavy atom. The van der Waals surface area contributed by atoms with Gasteiger partial charge in [0, 0.05) is 23.1 Å². The molecular weight excluding hydrogens is 266 g/mol. The number of hydrogen-bond acceptors (Lipinski definition) is 4. The van der Waals surface area contributed by atoms with E-state index in [1.807, 2.05) is 19.1 Å². The summed E-state index contributed by atoms with van der Waals surface area (Å²) >= 11 is 0. The Balaban J connectivity index is 1.86. The highest BCUT2D eigenvalue weighted by Crippen LogP contribution is 2.42. The molecule has 3 rings (SSSR count). The number of alkyl halides is 2. The molecule has 0 unspecified atom stereocenters. The summed E-state index contributed by atoms with van der Waals surface area (Å²) in [5.41, 5.74) is 8.76. The number of rotatable bonds is 2. The highest BCUT2D eigenvalue weighted by Gasteiger charge is 2.43. The van der Waals surface area contributed by atoms with E-state index in [0.717, 1.165) is 11.3 Å². The molecule has 104 valence electrons. The summed E-state index contributed by atoms with van der Waals surface area (Å²) in [5, 5.41) is 3.08. The Morgan fingerprint density at radius 2 is 1.75 bits per heavy atom. The van der Waals surface area contributed by atoms with Gasteiger partial charge in [0.25, 0.3) is 0 Å². The van der Waals surface area contributed by atoms with Gasteiger partial charge in [-0.2, -0.15) is 0 Å². The zero-order valence-electron chi connectivity index (χ0n) is 10.6. The van der Waals surface area contributed by atoms with Crippen LogP contribution in [-0.4, -0.2) is 6.29 Å². The number of halogens is 2. The summed E-state index contributed by atoms with van der Waals surface area (Å²) in [4.78, 5) is 0. The maximum absolute atomic E-state index is 12.9. The minimum absolute atomic E-state index is 0.000579. The molecule has 0 saturated carbocycles. The quantitative estimate of drug-likeness (QED) is 0.823. The van der Waals surface area contributed by atoms with E-state index >= 15 is 0 Å². The van der Waals surface area contributed by atoms with E-state index in [1.165, 1.54) is 12.1 Å². The number of anilines is 3. The van der Waals surface area contributed by atoms with Crippen LogP contribution in [0.2, 0.25) is 0 Å². The fraction of sp³-hybridized carbons (Fsp3) is 0.143. The molecule has 0 radical (unpaired) electrons. The van der Waals surface area contributed by atoms with Crippen molar-refractivity contribution in [2.75, 3.05) is 11.1 Å². The third-order valence-electron chi connectivity index (χ3n) is 2.79. The van der Waals surface area contributed by atoms with Crippen molar-refractivity contribution in [3.63, 3.8) is 0 Å². The normalized spacial score (nSPS) is 15.2. The second kappa shape index (κ2) is 4.26. The van der Waals surface area contributed by atoms with E-state index in [0.29, 0.717) is 11.4 Å². The molecule has 4 nitrogen and oxygen atoms in total. The van der Waals surface area contributed by atoms with E-state index in [4.69, 9.17) is 5.73 Å².